The summed E-state index contributed by atoms with van der Waals surface area (Å²) in [6, 6.07) is 8.58. The predicted octanol–water partition coefficient (Wildman–Crippen LogP) is 3.96. The quantitative estimate of drug-likeness (QED) is 0.503. The highest BCUT2D eigenvalue weighted by Crippen LogP contribution is 2.38. The molecule has 1 aliphatic rings. The molecule has 3 rings (SSSR count). The van der Waals surface area contributed by atoms with Crippen LogP contribution < -0.4 is 18.9 Å². The number of rotatable bonds is 7. The zero-order chi connectivity index (χ0) is 21.8. The molecule has 30 heavy (non-hydrogen) atoms. The van der Waals surface area contributed by atoms with E-state index in [0.717, 1.165) is 0 Å². The minimum Gasteiger partial charge on any atom is -0.497 e. The molecule has 7 heteroatoms. The zero-order valence-corrected chi connectivity index (χ0v) is 17.6. The summed E-state index contributed by atoms with van der Waals surface area (Å²) in [5.41, 5.74) is 1.79. The van der Waals surface area contributed by atoms with Crippen LogP contribution in [0.4, 0.5) is 0 Å². The molecule has 2 aromatic rings. The van der Waals surface area contributed by atoms with Crippen LogP contribution in [0.3, 0.4) is 0 Å². The molecule has 0 saturated heterocycles. The first kappa shape index (κ1) is 21.2. The van der Waals surface area contributed by atoms with Gasteiger partial charge < -0.3 is 23.7 Å². The fraction of sp³-hybridized carbons (Fsp3) is 0.304. The van der Waals surface area contributed by atoms with E-state index in [1.165, 1.54) is 0 Å². The third kappa shape index (κ3) is 4.25. The van der Waals surface area contributed by atoms with E-state index in [4.69, 9.17) is 23.7 Å². The average molecular weight is 412 g/mol. The smallest absolute Gasteiger partial charge is 0.347 e. The first-order chi connectivity index (χ1) is 14.4. The number of carbonyl (C=O) groups excluding carboxylic acids is 2. The summed E-state index contributed by atoms with van der Waals surface area (Å²) in [5, 5.41) is 0. The van der Waals surface area contributed by atoms with E-state index in [0.29, 0.717) is 39.7 Å². The van der Waals surface area contributed by atoms with Gasteiger partial charge in [0.1, 0.15) is 23.0 Å². The van der Waals surface area contributed by atoms with Crippen LogP contribution in [0.1, 0.15) is 35.3 Å². The Morgan fingerprint density at radius 3 is 2.57 bits per heavy atom. The Bertz CT molecular complexity index is 1010. The molecule has 0 spiro atoms. The lowest BCUT2D eigenvalue weighted by Crippen LogP contribution is -2.26. The Morgan fingerprint density at radius 2 is 1.90 bits per heavy atom. The second-order valence-corrected chi connectivity index (χ2v) is 6.67. The molecule has 0 fully saturated rings. The molecule has 1 atom stereocenters. The molecule has 158 valence electrons. The Hall–Kier alpha value is -3.48. The van der Waals surface area contributed by atoms with Crippen molar-refractivity contribution in [3.8, 4) is 23.0 Å². The first-order valence-corrected chi connectivity index (χ1v) is 9.52. The fourth-order valence-corrected chi connectivity index (χ4v) is 3.15. The van der Waals surface area contributed by atoms with E-state index in [1.54, 1.807) is 71.4 Å². The van der Waals surface area contributed by atoms with Gasteiger partial charge >= 0.3 is 5.97 Å². The largest absolute Gasteiger partial charge is 0.497 e. The molecule has 0 saturated carbocycles. The molecule has 1 aliphatic heterocycles. The minimum absolute atomic E-state index is 0.162. The third-order valence-electron chi connectivity index (χ3n) is 4.60. The van der Waals surface area contributed by atoms with Crippen molar-refractivity contribution in [1.82, 2.24) is 0 Å². The van der Waals surface area contributed by atoms with Gasteiger partial charge in [-0.3, -0.25) is 4.79 Å². The number of benzene rings is 2. The molecular weight excluding hydrogens is 388 g/mol. The standard InChI is InChI=1S/C23H24O7/c1-6-28-23(25)14(3)29-17-9-13(2)21-19(12-17)30-20(22(21)24)11-15-10-16(26-4)7-8-18(15)27-5/h7-12,14H,6H2,1-5H3/b20-11-. The summed E-state index contributed by atoms with van der Waals surface area (Å²) in [5.74, 6) is 1.47. The maximum atomic E-state index is 12.9. The van der Waals surface area contributed by atoms with Gasteiger partial charge in [0.25, 0.3) is 0 Å². The van der Waals surface area contributed by atoms with Gasteiger partial charge in [-0.05, 0) is 56.7 Å². The molecule has 7 nitrogen and oxygen atoms in total. The molecule has 0 radical (unpaired) electrons. The van der Waals surface area contributed by atoms with Gasteiger partial charge in [-0.2, -0.15) is 0 Å². The number of Topliss-reactive ketones (excluding diaryl/α,β-unsaturated/α-hetero) is 1. The van der Waals surface area contributed by atoms with Gasteiger partial charge in [0.15, 0.2) is 11.9 Å². The molecule has 2 aromatic carbocycles. The molecular formula is C23H24O7. The van der Waals surface area contributed by atoms with Crippen molar-refractivity contribution in [2.24, 2.45) is 0 Å². The average Bonchev–Trinajstić information content (AvgIpc) is 3.03. The van der Waals surface area contributed by atoms with Gasteiger partial charge in [0.2, 0.25) is 5.78 Å². The number of fused-ring (bicyclic) bond motifs is 1. The molecule has 0 amide bonds. The SMILES string of the molecule is CCOC(=O)C(C)Oc1cc(C)c2c(c1)O/C(=C\c1cc(OC)ccc1OC)C2=O. The molecule has 1 heterocycles. The highest BCUT2D eigenvalue weighted by Gasteiger charge is 2.31. The predicted molar refractivity (Wildman–Crippen MR) is 110 cm³/mol. The van der Waals surface area contributed by atoms with Crippen LogP contribution in [0.5, 0.6) is 23.0 Å². The van der Waals surface area contributed by atoms with Crippen LogP contribution in [0.15, 0.2) is 36.1 Å². The lowest BCUT2D eigenvalue weighted by molar-refractivity contribution is -0.150. The third-order valence-corrected chi connectivity index (χ3v) is 4.60. The van der Waals surface area contributed by atoms with Crippen LogP contribution >= 0.6 is 0 Å². The normalized spacial score (nSPS) is 14.7. The number of esters is 1. The Labute approximate surface area is 175 Å². The lowest BCUT2D eigenvalue weighted by atomic mass is 10.0. The van der Waals surface area contributed by atoms with Crippen molar-refractivity contribution in [2.45, 2.75) is 26.9 Å². The van der Waals surface area contributed by atoms with Gasteiger partial charge in [-0.15, -0.1) is 0 Å². The molecule has 0 aliphatic carbocycles. The van der Waals surface area contributed by atoms with Gasteiger partial charge in [0.05, 0.1) is 26.4 Å². The van der Waals surface area contributed by atoms with Crippen molar-refractivity contribution in [1.29, 1.82) is 0 Å². The number of methoxy groups -OCH3 is 2. The summed E-state index contributed by atoms with van der Waals surface area (Å²) in [4.78, 5) is 24.7. The molecule has 1 unspecified atom stereocenters. The summed E-state index contributed by atoms with van der Waals surface area (Å²) < 4.78 is 27.1. The summed E-state index contributed by atoms with van der Waals surface area (Å²) >= 11 is 0. The first-order valence-electron chi connectivity index (χ1n) is 9.52. The summed E-state index contributed by atoms with van der Waals surface area (Å²) in [6.45, 7) is 5.40. The van der Waals surface area contributed by atoms with E-state index in [9.17, 15) is 9.59 Å². The second-order valence-electron chi connectivity index (χ2n) is 6.67. The van der Waals surface area contributed by atoms with Crippen molar-refractivity contribution in [2.75, 3.05) is 20.8 Å². The minimum atomic E-state index is -0.782. The maximum absolute atomic E-state index is 12.9. The molecule has 0 bridgehead atoms. The number of ether oxygens (including phenoxy) is 5. The Morgan fingerprint density at radius 1 is 1.13 bits per heavy atom. The monoisotopic (exact) mass is 412 g/mol. The van der Waals surface area contributed by atoms with Gasteiger partial charge in [0, 0.05) is 11.6 Å². The van der Waals surface area contributed by atoms with Crippen molar-refractivity contribution < 1.29 is 33.3 Å². The number of ketones is 1. The van der Waals surface area contributed by atoms with E-state index in [1.807, 2.05) is 0 Å². The second kappa shape index (κ2) is 8.90. The number of carbonyl (C=O) groups is 2. The van der Waals surface area contributed by atoms with E-state index in [-0.39, 0.29) is 18.1 Å². The van der Waals surface area contributed by atoms with Gasteiger partial charge in [-0.1, -0.05) is 0 Å². The topological polar surface area (TPSA) is 80.3 Å². The molecule has 0 aromatic heterocycles. The van der Waals surface area contributed by atoms with E-state index in [2.05, 4.69) is 0 Å². The highest BCUT2D eigenvalue weighted by atomic mass is 16.6. The lowest BCUT2D eigenvalue weighted by Gasteiger charge is -2.14. The Kier molecular flexibility index (Phi) is 6.30. The Balaban J connectivity index is 1.90. The van der Waals surface area contributed by atoms with Crippen LogP contribution in [0.2, 0.25) is 0 Å². The zero-order valence-electron chi connectivity index (χ0n) is 17.6. The van der Waals surface area contributed by atoms with Crippen LogP contribution in [0, 0.1) is 6.92 Å². The number of aryl methyl sites for hydroxylation is 1. The summed E-state index contributed by atoms with van der Waals surface area (Å²) in [6.07, 6.45) is 0.834. The van der Waals surface area contributed by atoms with E-state index >= 15 is 0 Å². The fourth-order valence-electron chi connectivity index (χ4n) is 3.15. The van der Waals surface area contributed by atoms with Crippen molar-refractivity contribution >= 4 is 17.8 Å². The number of hydrogen-bond acceptors (Lipinski definition) is 7. The highest BCUT2D eigenvalue weighted by molar-refractivity contribution is 6.15. The van der Waals surface area contributed by atoms with Crippen molar-refractivity contribution in [3.63, 3.8) is 0 Å². The molecule has 0 N–H and O–H groups in total. The van der Waals surface area contributed by atoms with Crippen molar-refractivity contribution in [3.05, 3.63) is 52.8 Å². The summed E-state index contributed by atoms with van der Waals surface area (Å²) in [7, 11) is 3.11. The maximum Gasteiger partial charge on any atom is 0.347 e. The van der Waals surface area contributed by atoms with Crippen LogP contribution in [0.25, 0.3) is 6.08 Å². The van der Waals surface area contributed by atoms with E-state index < -0.39 is 12.1 Å². The van der Waals surface area contributed by atoms with Crippen LogP contribution in [-0.4, -0.2) is 38.7 Å². The van der Waals surface area contributed by atoms with Crippen LogP contribution in [-0.2, 0) is 9.53 Å². The van der Waals surface area contributed by atoms with Gasteiger partial charge in [-0.25, -0.2) is 4.79 Å². The number of hydrogen-bond donors (Lipinski definition) is 0. The number of allylic oxidation sites excluding steroid dienone is 1.